The summed E-state index contributed by atoms with van der Waals surface area (Å²) >= 11 is 12.4. The summed E-state index contributed by atoms with van der Waals surface area (Å²) in [5.74, 6) is 0.397. The van der Waals surface area contributed by atoms with Crippen molar-refractivity contribution in [2.75, 3.05) is 18.5 Å². The predicted octanol–water partition coefficient (Wildman–Crippen LogP) is 4.97. The van der Waals surface area contributed by atoms with Crippen LogP contribution in [0.15, 0.2) is 53.4 Å². The van der Waals surface area contributed by atoms with Crippen LogP contribution >= 0.6 is 35.6 Å². The molecular weight excluding hydrogens is 428 g/mol. The fraction of sp³-hybridized carbons (Fsp3) is 0.190. The van der Waals surface area contributed by atoms with E-state index >= 15 is 0 Å². The van der Waals surface area contributed by atoms with Crippen molar-refractivity contribution in [3.05, 3.63) is 64.0 Å². The lowest BCUT2D eigenvalue weighted by atomic mass is 10.2. The molecule has 3 rings (SSSR count). The Morgan fingerprint density at radius 1 is 1.21 bits per heavy atom. The molecule has 0 aromatic heterocycles. The van der Waals surface area contributed by atoms with Crippen molar-refractivity contribution in [2.45, 2.75) is 13.3 Å². The number of anilines is 1. The minimum atomic E-state index is -0.197. The highest BCUT2D eigenvalue weighted by Crippen LogP contribution is 2.32. The number of ether oxygens (including phenoxy) is 1. The second-order valence-electron chi connectivity index (χ2n) is 6.14. The maximum Gasteiger partial charge on any atom is 0.266 e. The van der Waals surface area contributed by atoms with E-state index in [4.69, 9.17) is 28.6 Å². The average Bonchev–Trinajstić information content (AvgIpc) is 2.96. The van der Waals surface area contributed by atoms with E-state index in [9.17, 15) is 9.59 Å². The number of thiocarbonyl (C=S) groups is 1. The number of rotatable bonds is 7. The van der Waals surface area contributed by atoms with Crippen LogP contribution < -0.4 is 10.1 Å². The lowest BCUT2D eigenvalue weighted by Gasteiger charge is -2.14. The van der Waals surface area contributed by atoms with Crippen molar-refractivity contribution in [3.63, 3.8) is 0 Å². The van der Waals surface area contributed by atoms with E-state index in [1.165, 1.54) is 16.7 Å². The summed E-state index contributed by atoms with van der Waals surface area (Å²) in [6.07, 6.45) is 1.94. The maximum atomic E-state index is 12.7. The second kappa shape index (κ2) is 9.91. The number of halogens is 1. The van der Waals surface area contributed by atoms with Gasteiger partial charge in [0.05, 0.1) is 11.5 Å². The number of thioether (sulfide) groups is 1. The zero-order valence-electron chi connectivity index (χ0n) is 15.7. The smallest absolute Gasteiger partial charge is 0.266 e. The van der Waals surface area contributed by atoms with Crippen molar-refractivity contribution in [1.82, 2.24) is 4.90 Å². The third kappa shape index (κ3) is 5.82. The van der Waals surface area contributed by atoms with Gasteiger partial charge in [0, 0.05) is 23.7 Å². The van der Waals surface area contributed by atoms with E-state index in [1.54, 1.807) is 30.3 Å². The van der Waals surface area contributed by atoms with Gasteiger partial charge in [0.25, 0.3) is 5.91 Å². The molecule has 0 bridgehead atoms. The van der Waals surface area contributed by atoms with Gasteiger partial charge in [-0.05, 0) is 55.0 Å². The van der Waals surface area contributed by atoms with Crippen LogP contribution in [0.1, 0.15) is 18.9 Å². The number of nitrogens with zero attached hydrogens (tertiary/aromatic N) is 1. The van der Waals surface area contributed by atoms with E-state index in [-0.39, 0.29) is 24.8 Å². The molecule has 0 saturated carbocycles. The Kier molecular flexibility index (Phi) is 7.30. The van der Waals surface area contributed by atoms with Crippen LogP contribution in [-0.4, -0.2) is 34.2 Å². The highest BCUT2D eigenvalue weighted by Gasteiger charge is 2.32. The fourth-order valence-corrected chi connectivity index (χ4v) is 4.08. The third-order valence-corrected chi connectivity index (χ3v) is 5.68. The Bertz CT molecular complexity index is 943. The summed E-state index contributed by atoms with van der Waals surface area (Å²) in [5, 5.41) is 3.37. The largest absolute Gasteiger partial charge is 0.494 e. The van der Waals surface area contributed by atoms with Crippen molar-refractivity contribution < 1.29 is 14.3 Å². The Labute approximate surface area is 184 Å². The normalized spacial score (nSPS) is 15.1. The highest BCUT2D eigenvalue weighted by atomic mass is 35.5. The van der Waals surface area contributed by atoms with Gasteiger partial charge in [0.15, 0.2) is 0 Å². The Balaban J connectivity index is 1.58. The molecule has 2 amide bonds. The third-order valence-electron chi connectivity index (χ3n) is 4.05. The van der Waals surface area contributed by atoms with Gasteiger partial charge >= 0.3 is 0 Å². The van der Waals surface area contributed by atoms with Crippen LogP contribution in [0.4, 0.5) is 5.69 Å². The summed E-state index contributed by atoms with van der Waals surface area (Å²) in [7, 11) is 0. The molecule has 0 atom stereocenters. The summed E-state index contributed by atoms with van der Waals surface area (Å²) in [6, 6.07) is 14.3. The van der Waals surface area contributed by atoms with E-state index in [0.29, 0.717) is 26.5 Å². The van der Waals surface area contributed by atoms with Crippen molar-refractivity contribution in [2.24, 2.45) is 0 Å². The van der Waals surface area contributed by atoms with Gasteiger partial charge in [-0.3, -0.25) is 14.5 Å². The lowest BCUT2D eigenvalue weighted by molar-refractivity contribution is -0.122. The molecule has 1 aliphatic heterocycles. The van der Waals surface area contributed by atoms with Crippen molar-refractivity contribution >= 4 is 63.5 Å². The molecule has 0 radical (unpaired) electrons. The standard InChI is InChI=1S/C21H19ClN2O3S2/c1-2-27-17-9-3-14(4-10-17)13-18-20(26)24(21(28)29-18)12-11-19(25)23-16-7-5-15(22)6-8-16/h3-10,13H,2,11-12H2,1H3,(H,23,25). The Morgan fingerprint density at radius 2 is 1.90 bits per heavy atom. The second-order valence-corrected chi connectivity index (χ2v) is 8.25. The molecule has 1 fully saturated rings. The van der Waals surface area contributed by atoms with E-state index < -0.39 is 0 Å². The number of carbonyl (C=O) groups excluding carboxylic acids is 2. The van der Waals surface area contributed by atoms with Gasteiger partial charge in [-0.25, -0.2) is 0 Å². The van der Waals surface area contributed by atoms with Crippen LogP contribution in [-0.2, 0) is 9.59 Å². The molecule has 2 aromatic carbocycles. The zero-order chi connectivity index (χ0) is 20.8. The molecule has 0 unspecified atom stereocenters. The van der Waals surface area contributed by atoms with E-state index in [1.807, 2.05) is 31.2 Å². The first kappa shape index (κ1) is 21.4. The molecule has 29 heavy (non-hydrogen) atoms. The molecule has 2 aromatic rings. The van der Waals surface area contributed by atoms with Gasteiger partial charge < -0.3 is 10.1 Å². The Hall–Kier alpha value is -2.35. The number of hydrogen-bond acceptors (Lipinski definition) is 5. The molecule has 1 N–H and O–H groups in total. The maximum absolute atomic E-state index is 12.7. The quantitative estimate of drug-likeness (QED) is 0.480. The topological polar surface area (TPSA) is 58.6 Å². The van der Waals surface area contributed by atoms with Crippen molar-refractivity contribution in [1.29, 1.82) is 0 Å². The number of nitrogens with one attached hydrogen (secondary N) is 1. The summed E-state index contributed by atoms with van der Waals surface area (Å²) in [4.78, 5) is 26.8. The van der Waals surface area contributed by atoms with E-state index in [0.717, 1.165) is 11.3 Å². The molecule has 8 heteroatoms. The van der Waals surface area contributed by atoms with Crippen LogP contribution in [0.2, 0.25) is 5.02 Å². The summed E-state index contributed by atoms with van der Waals surface area (Å²) in [5.41, 5.74) is 1.54. The van der Waals surface area contributed by atoms with Gasteiger partial charge in [-0.15, -0.1) is 0 Å². The molecular formula is C21H19ClN2O3S2. The molecule has 150 valence electrons. The number of amides is 2. The summed E-state index contributed by atoms with van der Waals surface area (Å²) in [6.45, 7) is 2.75. The number of hydrogen-bond donors (Lipinski definition) is 1. The highest BCUT2D eigenvalue weighted by molar-refractivity contribution is 8.26. The van der Waals surface area contributed by atoms with Crippen LogP contribution in [0.5, 0.6) is 5.75 Å². The monoisotopic (exact) mass is 446 g/mol. The molecule has 1 saturated heterocycles. The first-order valence-corrected chi connectivity index (χ1v) is 10.6. The molecule has 1 aliphatic rings. The predicted molar refractivity (Wildman–Crippen MR) is 122 cm³/mol. The molecule has 0 spiro atoms. The van der Waals surface area contributed by atoms with Crippen LogP contribution in [0.25, 0.3) is 6.08 Å². The molecule has 5 nitrogen and oxygen atoms in total. The first-order valence-electron chi connectivity index (χ1n) is 9.00. The van der Waals surface area contributed by atoms with Gasteiger partial charge in [-0.2, -0.15) is 0 Å². The molecule has 1 heterocycles. The fourth-order valence-electron chi connectivity index (χ4n) is 2.64. The average molecular weight is 447 g/mol. The van der Waals surface area contributed by atoms with Crippen LogP contribution in [0, 0.1) is 0 Å². The Morgan fingerprint density at radius 3 is 2.55 bits per heavy atom. The van der Waals surface area contributed by atoms with E-state index in [2.05, 4.69) is 5.32 Å². The minimum Gasteiger partial charge on any atom is -0.494 e. The molecule has 0 aliphatic carbocycles. The minimum absolute atomic E-state index is 0.144. The number of benzene rings is 2. The van der Waals surface area contributed by atoms with Crippen molar-refractivity contribution in [3.8, 4) is 5.75 Å². The summed E-state index contributed by atoms with van der Waals surface area (Å²) < 4.78 is 5.87. The zero-order valence-corrected chi connectivity index (χ0v) is 18.1. The van der Waals surface area contributed by atoms with Gasteiger partial charge in [0.2, 0.25) is 5.91 Å². The SMILES string of the molecule is CCOc1ccc(C=C2SC(=S)N(CCC(=O)Nc3ccc(Cl)cc3)C2=O)cc1. The first-order chi connectivity index (χ1) is 14.0. The number of carbonyl (C=O) groups is 2. The van der Waals surface area contributed by atoms with Gasteiger partial charge in [0.1, 0.15) is 10.1 Å². The van der Waals surface area contributed by atoms with Gasteiger partial charge in [-0.1, -0.05) is 47.7 Å². The lowest BCUT2D eigenvalue weighted by Crippen LogP contribution is -2.31. The van der Waals surface area contributed by atoms with Crippen LogP contribution in [0.3, 0.4) is 0 Å².